The maximum atomic E-state index is 11.6. The van der Waals surface area contributed by atoms with Crippen LogP contribution >= 0.6 is 0 Å². The number of rotatable bonds is 15. The molecule has 7 heteroatoms. The summed E-state index contributed by atoms with van der Waals surface area (Å²) in [5.74, 6) is 1.45. The van der Waals surface area contributed by atoms with E-state index < -0.39 is 0 Å². The molecule has 6 fully saturated rings. The molecule has 0 aromatic carbocycles. The molecule has 5 unspecified atom stereocenters. The van der Waals surface area contributed by atoms with Crippen LogP contribution in [0.5, 0.6) is 0 Å². The van der Waals surface area contributed by atoms with E-state index in [-0.39, 0.29) is 24.3 Å². The first-order chi connectivity index (χ1) is 23.6. The molecule has 7 nitrogen and oxygen atoms in total. The van der Waals surface area contributed by atoms with Crippen LogP contribution in [0, 0.1) is 17.8 Å². The molecule has 0 aromatic heterocycles. The quantitative estimate of drug-likeness (QED) is 0.130. The highest BCUT2D eigenvalue weighted by Gasteiger charge is 2.43. The predicted molar refractivity (Wildman–Crippen MR) is 195 cm³/mol. The van der Waals surface area contributed by atoms with Gasteiger partial charge >= 0.3 is 0 Å². The minimum Gasteiger partial charge on any atom is -0.393 e. The highest BCUT2D eigenvalue weighted by atomic mass is 16.5. The Kier molecular flexibility index (Phi) is 15.7. The summed E-state index contributed by atoms with van der Waals surface area (Å²) in [7, 11) is 0. The molecular weight excluding hydrogens is 598 g/mol. The van der Waals surface area contributed by atoms with Gasteiger partial charge in [0, 0.05) is 12.5 Å². The highest BCUT2D eigenvalue weighted by Crippen LogP contribution is 2.37. The average Bonchev–Trinajstić information content (AvgIpc) is 3.13. The predicted octanol–water partition coefficient (Wildman–Crippen LogP) is 8.47. The molecule has 1 heterocycles. The van der Waals surface area contributed by atoms with Crippen LogP contribution in [0.3, 0.4) is 0 Å². The molecule has 278 valence electrons. The van der Waals surface area contributed by atoms with Crippen molar-refractivity contribution in [1.29, 1.82) is 0 Å². The number of aliphatic hydroxyl groups excluding tert-OH is 1. The molecule has 0 spiro atoms. The lowest BCUT2D eigenvalue weighted by atomic mass is 9.79. The Labute approximate surface area is 294 Å². The molecule has 5 atom stereocenters. The van der Waals surface area contributed by atoms with E-state index in [4.69, 9.17) is 14.2 Å². The van der Waals surface area contributed by atoms with Gasteiger partial charge in [-0.15, -0.1) is 0 Å². The summed E-state index contributed by atoms with van der Waals surface area (Å²) in [6.45, 7) is 3.13. The first-order valence-corrected chi connectivity index (χ1v) is 21.5. The fraction of sp³-hybridized carbons (Fsp3) is 1.00. The van der Waals surface area contributed by atoms with E-state index in [0.717, 1.165) is 32.3 Å². The van der Waals surface area contributed by atoms with Crippen molar-refractivity contribution in [3.63, 3.8) is 0 Å². The van der Waals surface area contributed by atoms with Crippen molar-refractivity contribution in [2.45, 2.75) is 235 Å². The van der Waals surface area contributed by atoms with Crippen molar-refractivity contribution in [2.24, 2.45) is 17.8 Å². The minimum absolute atomic E-state index is 0.142. The van der Waals surface area contributed by atoms with E-state index in [1.54, 1.807) is 0 Å². The van der Waals surface area contributed by atoms with E-state index in [1.165, 1.54) is 148 Å². The zero-order chi connectivity index (χ0) is 33.0. The van der Waals surface area contributed by atoms with Crippen molar-refractivity contribution in [2.75, 3.05) is 6.61 Å². The van der Waals surface area contributed by atoms with Crippen LogP contribution in [0.4, 0.5) is 0 Å². The molecule has 0 amide bonds. The maximum absolute atomic E-state index is 11.6. The molecule has 0 aromatic rings. The third kappa shape index (κ3) is 11.4. The molecule has 4 N–H and O–H groups in total. The van der Waals surface area contributed by atoms with Gasteiger partial charge < -0.3 is 19.3 Å². The van der Waals surface area contributed by atoms with E-state index in [2.05, 4.69) is 22.9 Å². The van der Waals surface area contributed by atoms with Gasteiger partial charge in [-0.1, -0.05) is 77.6 Å². The third-order valence-corrected chi connectivity index (χ3v) is 13.4. The van der Waals surface area contributed by atoms with Gasteiger partial charge in [0.25, 0.3) is 0 Å². The molecule has 6 aliphatic rings. The molecule has 0 radical (unpaired) electrons. The van der Waals surface area contributed by atoms with Gasteiger partial charge in [0.2, 0.25) is 0 Å². The van der Waals surface area contributed by atoms with Crippen LogP contribution < -0.4 is 16.0 Å². The molecule has 0 bridgehead atoms. The Morgan fingerprint density at radius 1 is 0.479 bits per heavy atom. The number of aliphatic hydroxyl groups is 1. The zero-order valence-corrected chi connectivity index (χ0v) is 30.9. The first-order valence-electron chi connectivity index (χ1n) is 21.5. The van der Waals surface area contributed by atoms with Crippen LogP contribution in [0.25, 0.3) is 0 Å². The van der Waals surface area contributed by atoms with Gasteiger partial charge in [0.1, 0.15) is 0 Å². The number of unbranched alkanes of at least 4 members (excludes halogenated alkanes) is 5. The molecule has 1 aliphatic heterocycles. The van der Waals surface area contributed by atoms with Gasteiger partial charge in [-0.3, -0.25) is 16.0 Å². The Morgan fingerprint density at radius 3 is 1.46 bits per heavy atom. The van der Waals surface area contributed by atoms with Gasteiger partial charge in [-0.25, -0.2) is 0 Å². The van der Waals surface area contributed by atoms with Crippen LogP contribution in [-0.2, 0) is 14.2 Å². The fourth-order valence-corrected chi connectivity index (χ4v) is 10.4. The van der Waals surface area contributed by atoms with E-state index in [1.807, 2.05) is 0 Å². The highest BCUT2D eigenvalue weighted by molar-refractivity contribution is 4.97. The Morgan fingerprint density at radius 2 is 0.938 bits per heavy atom. The van der Waals surface area contributed by atoms with Crippen LogP contribution in [-0.4, -0.2) is 66.8 Å². The molecule has 5 aliphatic carbocycles. The second-order valence-corrected chi connectivity index (χ2v) is 17.1. The molecule has 48 heavy (non-hydrogen) atoms. The monoisotopic (exact) mass is 674 g/mol. The standard InChI is InChI=1S/C41H75N3O4/c1-2-3-4-5-6-13-28-46-36-26-27-37(38(45)29-36)41-43-39(30-18-22-34(23-19-30)47-32-14-9-7-10-15-32)42-40(44-41)31-20-24-35(25-21-31)48-33-16-11-8-12-17-33/h30-45H,2-29H2,1H3. The topological polar surface area (TPSA) is 84.0 Å². The van der Waals surface area contributed by atoms with Crippen molar-refractivity contribution < 1.29 is 19.3 Å². The Balaban J connectivity index is 1.01. The molecule has 5 saturated carbocycles. The van der Waals surface area contributed by atoms with Crippen LogP contribution in [0.1, 0.15) is 180 Å². The van der Waals surface area contributed by atoms with Crippen LogP contribution in [0.2, 0.25) is 0 Å². The van der Waals surface area contributed by atoms with Crippen molar-refractivity contribution >= 4 is 0 Å². The summed E-state index contributed by atoms with van der Waals surface area (Å²) < 4.78 is 19.6. The summed E-state index contributed by atoms with van der Waals surface area (Å²) in [5.41, 5.74) is 0. The number of nitrogens with one attached hydrogen (secondary N) is 3. The van der Waals surface area contributed by atoms with E-state index in [9.17, 15) is 5.11 Å². The van der Waals surface area contributed by atoms with E-state index in [0.29, 0.717) is 48.6 Å². The zero-order valence-electron chi connectivity index (χ0n) is 30.9. The van der Waals surface area contributed by atoms with Gasteiger partial charge in [-0.2, -0.15) is 0 Å². The van der Waals surface area contributed by atoms with Crippen molar-refractivity contribution in [3.05, 3.63) is 0 Å². The normalized spacial score (nSPS) is 39.4. The van der Waals surface area contributed by atoms with Gasteiger partial charge in [0.15, 0.2) is 0 Å². The third-order valence-electron chi connectivity index (χ3n) is 13.4. The average molecular weight is 674 g/mol. The molecule has 1 saturated heterocycles. The first kappa shape index (κ1) is 37.5. The summed E-state index contributed by atoms with van der Waals surface area (Å²) in [6, 6.07) is 0. The van der Waals surface area contributed by atoms with Crippen molar-refractivity contribution in [3.8, 4) is 0 Å². The maximum Gasteiger partial charge on any atom is 0.0649 e. The minimum atomic E-state index is -0.322. The smallest absolute Gasteiger partial charge is 0.0649 e. The van der Waals surface area contributed by atoms with E-state index >= 15 is 0 Å². The van der Waals surface area contributed by atoms with Crippen LogP contribution in [0.15, 0.2) is 0 Å². The largest absolute Gasteiger partial charge is 0.393 e. The number of ether oxygens (including phenoxy) is 3. The van der Waals surface area contributed by atoms with Gasteiger partial charge in [0.05, 0.1) is 55.1 Å². The summed E-state index contributed by atoms with van der Waals surface area (Å²) >= 11 is 0. The lowest BCUT2D eigenvalue weighted by Gasteiger charge is -2.50. The Hall–Kier alpha value is -0.280. The lowest BCUT2D eigenvalue weighted by Crippen LogP contribution is -2.73. The number of hydrogen-bond acceptors (Lipinski definition) is 7. The second-order valence-electron chi connectivity index (χ2n) is 17.1. The summed E-state index contributed by atoms with van der Waals surface area (Å²) in [6.07, 6.45) is 36.0. The molecular formula is C41H75N3O4. The second kappa shape index (κ2) is 20.1. The molecule has 6 rings (SSSR count). The SMILES string of the molecule is CCCCCCCCOC1CCC(C2NC(C3CCC(OC4CCCCC4)CC3)NC(C3CCC(OC4CCCCC4)CC3)N2)C(O)C1. The van der Waals surface area contributed by atoms with Gasteiger partial charge in [-0.05, 0) is 115 Å². The lowest BCUT2D eigenvalue weighted by molar-refractivity contribution is -0.0734. The Bertz CT molecular complexity index is 818. The summed E-state index contributed by atoms with van der Waals surface area (Å²) in [5, 5.41) is 23.8. The fourth-order valence-electron chi connectivity index (χ4n) is 10.4. The van der Waals surface area contributed by atoms with Crippen molar-refractivity contribution in [1.82, 2.24) is 16.0 Å². The number of hydrogen-bond donors (Lipinski definition) is 4. The summed E-state index contributed by atoms with van der Waals surface area (Å²) in [4.78, 5) is 0.